The predicted molar refractivity (Wildman–Crippen MR) is 160 cm³/mol. The van der Waals surface area contributed by atoms with Crippen molar-refractivity contribution in [3.05, 3.63) is 33.1 Å². The zero-order valence-corrected chi connectivity index (χ0v) is 26.8. The summed E-state index contributed by atoms with van der Waals surface area (Å²) in [5, 5.41) is 0.155. The lowest BCUT2D eigenvalue weighted by atomic mass is 9.40. The largest absolute Gasteiger partial charge is 0.462 e. The number of ether oxygens (including phenoxy) is 1. The normalized spacial score (nSPS) is 41.8. The minimum Gasteiger partial charge on any atom is -0.462 e. The Kier molecular flexibility index (Phi) is 6.76. The molecule has 6 aliphatic rings. The summed E-state index contributed by atoms with van der Waals surface area (Å²) in [6, 6.07) is 0. The summed E-state index contributed by atoms with van der Waals surface area (Å²) in [5.41, 5.74) is -1.67. The van der Waals surface area contributed by atoms with E-state index in [9.17, 15) is 14.4 Å². The lowest BCUT2D eigenvalue weighted by Crippen LogP contribution is -2.76. The van der Waals surface area contributed by atoms with E-state index in [1.165, 1.54) is 36.7 Å². The zero-order valence-electron chi connectivity index (χ0n) is 25.2. The number of halogens is 1. The Bertz CT molecular complexity index is 1340. The number of rotatable bonds is 7. The number of esters is 1. The van der Waals surface area contributed by atoms with Crippen LogP contribution in [0.1, 0.15) is 98.8 Å². The van der Waals surface area contributed by atoms with E-state index in [0.717, 1.165) is 31.6 Å². The van der Waals surface area contributed by atoms with Crippen LogP contribution in [0.5, 0.6) is 0 Å². The van der Waals surface area contributed by atoms with Crippen molar-refractivity contribution in [1.29, 1.82) is 0 Å². The number of alkyl halides is 1. The minimum absolute atomic E-state index is 0.130. The third kappa shape index (κ3) is 3.49. The van der Waals surface area contributed by atoms with E-state index in [-0.39, 0.29) is 45.5 Å². The first-order valence-corrected chi connectivity index (χ1v) is 16.9. The number of nitrogens with zero attached hydrogens (tertiary/aromatic N) is 3. The van der Waals surface area contributed by atoms with Gasteiger partial charge in [-0.3, -0.25) is 4.79 Å². The Hall–Kier alpha value is -1.57. The van der Waals surface area contributed by atoms with Crippen LogP contribution in [0.3, 0.4) is 0 Å². The van der Waals surface area contributed by atoms with Crippen LogP contribution >= 0.6 is 15.9 Å². The van der Waals surface area contributed by atoms with Crippen molar-refractivity contribution in [3.8, 4) is 0 Å². The molecular weight excluding hydrogens is 570 g/mol. The molecule has 2 spiro atoms. The van der Waals surface area contributed by atoms with Crippen molar-refractivity contribution in [1.82, 2.24) is 13.9 Å². The Morgan fingerprint density at radius 2 is 1.73 bits per heavy atom. The summed E-state index contributed by atoms with van der Waals surface area (Å²) >= 11 is 3.23. The summed E-state index contributed by atoms with van der Waals surface area (Å²) in [7, 11) is 1.63. The maximum absolute atomic E-state index is 14.0. The summed E-state index contributed by atoms with van der Waals surface area (Å²) < 4.78 is 10.9. The average molecular weight is 619 g/mol. The Balaban J connectivity index is 1.46. The van der Waals surface area contributed by atoms with Gasteiger partial charge in [0.2, 0.25) is 0 Å². The van der Waals surface area contributed by atoms with E-state index >= 15 is 0 Å². The second-order valence-corrected chi connectivity index (χ2v) is 15.5. The molecule has 3 heterocycles. The maximum Gasteiger partial charge on any atom is 0.347 e. The summed E-state index contributed by atoms with van der Waals surface area (Å²) in [4.78, 5) is 40.2. The Morgan fingerprint density at radius 3 is 2.42 bits per heavy atom. The smallest absolute Gasteiger partial charge is 0.347 e. The van der Waals surface area contributed by atoms with E-state index in [0.29, 0.717) is 24.2 Å². The molecule has 0 amide bonds. The maximum atomic E-state index is 14.0. The van der Waals surface area contributed by atoms with Gasteiger partial charge in [-0.25, -0.2) is 23.5 Å². The number of allylic oxidation sites excluding steroid dienone is 2. The van der Waals surface area contributed by atoms with Gasteiger partial charge in [0.25, 0.3) is 0 Å². The van der Waals surface area contributed by atoms with Crippen molar-refractivity contribution in [2.45, 2.75) is 116 Å². The lowest BCUT2D eigenvalue weighted by Gasteiger charge is -2.71. The first-order valence-electron chi connectivity index (χ1n) is 15.7. The minimum atomic E-state index is -0.678. The van der Waals surface area contributed by atoms with Crippen molar-refractivity contribution >= 4 is 21.9 Å². The topological polar surface area (TPSA) is 75.2 Å². The molecule has 2 aliphatic heterocycles. The average Bonchev–Trinajstić information content (AvgIpc) is 3.39. The fourth-order valence-electron chi connectivity index (χ4n) is 11.0. The molecule has 7 nitrogen and oxygen atoms in total. The molecule has 222 valence electrons. The molecule has 3 saturated carbocycles. The van der Waals surface area contributed by atoms with E-state index in [1.54, 1.807) is 7.05 Å². The van der Waals surface area contributed by atoms with Gasteiger partial charge in [-0.1, -0.05) is 82.0 Å². The van der Waals surface area contributed by atoms with Crippen LogP contribution in [0, 0.1) is 40.4 Å². The second-order valence-electron chi connectivity index (χ2n) is 14.9. The molecule has 40 heavy (non-hydrogen) atoms. The number of hydrogen-bond acceptors (Lipinski definition) is 4. The molecule has 7 rings (SSSR count). The first kappa shape index (κ1) is 28.5. The van der Waals surface area contributed by atoms with Crippen LogP contribution in [0.25, 0.3) is 0 Å². The standard InChI is InChI=1S/C32H48BrN3O4/c1-20(2)8-7-9-21(3)23-10-11-24-29(23,4)14-13-25-30(5)15-12-22(40-26(37)19-33)18-31(30)16-17-32(24,25)36-28(39)34(6)27(38)35(31)36/h16-17,20-25H,7-15,18-19H2,1-6H3/t21-,22+,23-,24-,25-,29-,30-,31?,32?/m1/s1. The molecule has 8 heteroatoms. The molecule has 0 aromatic carbocycles. The zero-order chi connectivity index (χ0) is 28.8. The molecule has 2 unspecified atom stereocenters. The lowest BCUT2D eigenvalue weighted by molar-refractivity contribution is -0.204. The van der Waals surface area contributed by atoms with Gasteiger partial charge in [-0.05, 0) is 73.5 Å². The van der Waals surface area contributed by atoms with Gasteiger partial charge in [0.05, 0.1) is 11.1 Å². The van der Waals surface area contributed by atoms with Gasteiger partial charge in [-0.15, -0.1) is 0 Å². The van der Waals surface area contributed by atoms with Crippen molar-refractivity contribution in [2.24, 2.45) is 47.5 Å². The van der Waals surface area contributed by atoms with Crippen molar-refractivity contribution in [3.63, 3.8) is 0 Å². The molecule has 3 fully saturated rings. The number of fused-ring (bicyclic) bond motifs is 1. The van der Waals surface area contributed by atoms with Crippen molar-refractivity contribution in [2.75, 3.05) is 5.33 Å². The molecular formula is C32H48BrN3O4. The van der Waals surface area contributed by atoms with Gasteiger partial charge in [-0.2, -0.15) is 0 Å². The molecule has 0 saturated heterocycles. The Labute approximate surface area is 246 Å². The van der Waals surface area contributed by atoms with Crippen LogP contribution in [-0.4, -0.2) is 31.3 Å². The van der Waals surface area contributed by atoms with Crippen molar-refractivity contribution < 1.29 is 9.53 Å². The fraction of sp³-hybridized carbons (Fsp3) is 0.844. The quantitative estimate of drug-likeness (QED) is 0.223. The summed E-state index contributed by atoms with van der Waals surface area (Å²) in [5.74, 6) is 2.34. The molecule has 4 aliphatic carbocycles. The van der Waals surface area contributed by atoms with Gasteiger partial charge in [0, 0.05) is 18.9 Å². The number of carbonyl (C=O) groups excluding carboxylic acids is 1. The van der Waals surface area contributed by atoms with Gasteiger partial charge in [0.15, 0.2) is 0 Å². The van der Waals surface area contributed by atoms with Gasteiger partial charge < -0.3 is 4.74 Å². The molecule has 0 radical (unpaired) electrons. The van der Waals surface area contributed by atoms with Crippen LogP contribution in [0.2, 0.25) is 0 Å². The fourth-order valence-corrected chi connectivity index (χ4v) is 11.2. The first-order chi connectivity index (χ1) is 18.9. The SMILES string of the molecule is CC(C)CCC[C@@H](C)[C@H]1CC[C@H]2C34C=CC5(C[C@@H](OC(=O)CBr)CC[C@]5(C)[C@H]3CC[C@]12C)n1c(=O)n(C)c(=O)n14. The van der Waals surface area contributed by atoms with E-state index in [1.807, 2.05) is 9.36 Å². The Morgan fingerprint density at radius 1 is 1.00 bits per heavy atom. The van der Waals surface area contributed by atoms with Gasteiger partial charge >= 0.3 is 17.3 Å². The highest BCUT2D eigenvalue weighted by molar-refractivity contribution is 9.09. The van der Waals surface area contributed by atoms with Crippen LogP contribution < -0.4 is 11.4 Å². The van der Waals surface area contributed by atoms with Gasteiger partial charge in [0.1, 0.15) is 11.4 Å². The van der Waals surface area contributed by atoms with Crippen LogP contribution in [-0.2, 0) is 27.7 Å². The van der Waals surface area contributed by atoms with E-state index in [4.69, 9.17) is 4.74 Å². The number of hydrogen-bond donors (Lipinski definition) is 0. The third-order valence-corrected chi connectivity index (χ3v) is 13.3. The summed E-state index contributed by atoms with van der Waals surface area (Å²) in [6.45, 7) is 12.0. The van der Waals surface area contributed by atoms with Crippen LogP contribution in [0.15, 0.2) is 21.7 Å². The molecule has 2 bridgehead atoms. The molecule has 0 N–H and O–H groups in total. The molecule has 1 aromatic rings. The number of aromatic nitrogens is 3. The van der Waals surface area contributed by atoms with Crippen LogP contribution in [0.4, 0.5) is 0 Å². The van der Waals surface area contributed by atoms with E-state index < -0.39 is 11.1 Å². The third-order valence-electron chi connectivity index (χ3n) is 12.8. The molecule has 9 atom stereocenters. The number of carbonyl (C=O) groups is 1. The predicted octanol–water partition coefficient (Wildman–Crippen LogP) is 5.72. The summed E-state index contributed by atoms with van der Waals surface area (Å²) in [6.07, 6.45) is 14.9. The highest BCUT2D eigenvalue weighted by Gasteiger charge is 2.75. The monoisotopic (exact) mass is 617 g/mol. The highest BCUT2D eigenvalue weighted by Crippen LogP contribution is 2.74. The second kappa shape index (κ2) is 9.47. The highest BCUT2D eigenvalue weighted by atomic mass is 79.9. The molecule has 1 aromatic heterocycles. The van der Waals surface area contributed by atoms with E-state index in [2.05, 4.69) is 62.7 Å².